The molecule has 0 radical (unpaired) electrons. The first kappa shape index (κ1) is 24.7. The van der Waals surface area contributed by atoms with Gasteiger partial charge >= 0.3 is 6.18 Å². The van der Waals surface area contributed by atoms with Gasteiger partial charge in [-0.05, 0) is 60.2 Å². The summed E-state index contributed by atoms with van der Waals surface area (Å²) in [5, 5.41) is 15.2. The average molecular weight is 512 g/mol. The second-order valence-electron chi connectivity index (χ2n) is 7.62. The third-order valence-electron chi connectivity index (χ3n) is 5.15. The molecule has 1 heterocycles. The zero-order chi connectivity index (χ0) is 25.9. The van der Waals surface area contributed by atoms with E-state index < -0.39 is 23.6 Å². The Kier molecular flexibility index (Phi) is 6.93. The Bertz CT molecular complexity index is 1430. The fourth-order valence-corrected chi connectivity index (χ4v) is 3.62. The maximum atomic E-state index is 12.9. The highest BCUT2D eigenvalue weighted by Crippen LogP contribution is 2.35. The largest absolute Gasteiger partial charge is 0.506 e. The molecule has 0 spiro atoms. The molecule has 36 heavy (non-hydrogen) atoms. The second kappa shape index (κ2) is 10.1. The van der Waals surface area contributed by atoms with Crippen LogP contribution in [0.3, 0.4) is 0 Å². The van der Waals surface area contributed by atoms with Crippen LogP contribution < -0.4 is 10.6 Å². The van der Waals surface area contributed by atoms with Gasteiger partial charge in [0.15, 0.2) is 0 Å². The molecule has 0 bridgehead atoms. The van der Waals surface area contributed by atoms with E-state index in [0.29, 0.717) is 16.8 Å². The molecule has 0 saturated carbocycles. The number of halogens is 4. The molecule has 1 aromatic heterocycles. The topological polar surface area (TPSA) is 91.3 Å². The molecule has 0 aliphatic rings. The molecule has 0 aliphatic carbocycles. The quantitative estimate of drug-likeness (QED) is 0.207. The number of pyridine rings is 1. The van der Waals surface area contributed by atoms with Crippen molar-refractivity contribution in [2.24, 2.45) is 0 Å². The molecule has 10 heteroatoms. The minimum absolute atomic E-state index is 0.0635. The predicted molar refractivity (Wildman–Crippen MR) is 130 cm³/mol. The number of carbonyl (C=O) groups is 2. The van der Waals surface area contributed by atoms with Crippen molar-refractivity contribution in [3.8, 4) is 16.9 Å². The Morgan fingerprint density at radius 1 is 0.861 bits per heavy atom. The second-order valence-corrected chi connectivity index (χ2v) is 8.03. The van der Waals surface area contributed by atoms with Gasteiger partial charge in [-0.25, -0.2) is 0 Å². The Morgan fingerprint density at radius 3 is 2.25 bits per heavy atom. The van der Waals surface area contributed by atoms with Gasteiger partial charge in [-0.2, -0.15) is 13.2 Å². The van der Waals surface area contributed by atoms with Crippen molar-refractivity contribution in [1.82, 2.24) is 4.98 Å². The van der Waals surface area contributed by atoms with E-state index in [1.54, 1.807) is 24.3 Å². The zero-order valence-corrected chi connectivity index (χ0v) is 19.1. The molecule has 0 saturated heterocycles. The average Bonchev–Trinajstić information content (AvgIpc) is 2.86. The molecule has 0 fully saturated rings. The van der Waals surface area contributed by atoms with Crippen molar-refractivity contribution in [3.63, 3.8) is 0 Å². The number of alkyl halides is 3. The van der Waals surface area contributed by atoms with Crippen molar-refractivity contribution in [1.29, 1.82) is 0 Å². The molecule has 2 amide bonds. The van der Waals surface area contributed by atoms with E-state index in [-0.39, 0.29) is 27.7 Å². The number of carbonyl (C=O) groups excluding carboxylic acids is 2. The summed E-state index contributed by atoms with van der Waals surface area (Å²) in [4.78, 5) is 29.0. The fraction of sp³-hybridized carbons (Fsp3) is 0.0385. The van der Waals surface area contributed by atoms with E-state index in [1.807, 2.05) is 0 Å². The van der Waals surface area contributed by atoms with Crippen LogP contribution in [0.4, 0.5) is 24.5 Å². The summed E-state index contributed by atoms with van der Waals surface area (Å²) in [7, 11) is 0. The number of hydrogen-bond acceptors (Lipinski definition) is 4. The van der Waals surface area contributed by atoms with Crippen molar-refractivity contribution in [2.45, 2.75) is 6.18 Å². The summed E-state index contributed by atoms with van der Waals surface area (Å²) in [6.07, 6.45) is -3.04. The smallest absolute Gasteiger partial charge is 0.416 e. The van der Waals surface area contributed by atoms with Gasteiger partial charge in [0.05, 0.1) is 11.3 Å². The van der Waals surface area contributed by atoms with Gasteiger partial charge in [0.2, 0.25) is 0 Å². The van der Waals surface area contributed by atoms with Crippen LogP contribution in [0.25, 0.3) is 11.1 Å². The van der Waals surface area contributed by atoms with Gasteiger partial charge in [-0.15, -0.1) is 0 Å². The van der Waals surface area contributed by atoms with Crippen molar-refractivity contribution >= 4 is 34.8 Å². The first-order valence-corrected chi connectivity index (χ1v) is 10.8. The number of nitrogens with zero attached hydrogens (tertiary/aromatic N) is 1. The zero-order valence-electron chi connectivity index (χ0n) is 18.3. The lowest BCUT2D eigenvalue weighted by atomic mass is 10.0. The van der Waals surface area contributed by atoms with Gasteiger partial charge < -0.3 is 15.7 Å². The van der Waals surface area contributed by atoms with E-state index in [0.717, 1.165) is 12.1 Å². The van der Waals surface area contributed by atoms with E-state index in [1.165, 1.54) is 48.7 Å². The summed E-state index contributed by atoms with van der Waals surface area (Å²) in [6, 6.07) is 18.2. The number of amides is 2. The van der Waals surface area contributed by atoms with Crippen molar-refractivity contribution in [3.05, 3.63) is 107 Å². The highest BCUT2D eigenvalue weighted by Gasteiger charge is 2.31. The number of phenolic OH excluding ortho intramolecular Hbond substituents is 1. The standard InChI is InChI=1S/C26H17ClF3N3O3/c27-20-13-17(26(28,29)30)8-10-19(20)15-4-6-16(7-5-15)24(35)32-18-9-11-23(34)22(14-18)33-25(36)21-3-1-2-12-31-21/h1-14,34H,(H,32,35)(H,33,36). The van der Waals surface area contributed by atoms with E-state index in [2.05, 4.69) is 15.6 Å². The number of nitrogens with one attached hydrogen (secondary N) is 2. The number of phenols is 1. The Morgan fingerprint density at radius 2 is 1.61 bits per heavy atom. The van der Waals surface area contributed by atoms with Gasteiger partial charge in [0.1, 0.15) is 11.4 Å². The van der Waals surface area contributed by atoms with Crippen LogP contribution in [-0.2, 0) is 6.18 Å². The van der Waals surface area contributed by atoms with Gasteiger partial charge in [0, 0.05) is 28.0 Å². The first-order valence-electron chi connectivity index (χ1n) is 10.5. The molecule has 3 aromatic carbocycles. The number of aromatic nitrogens is 1. The van der Waals surface area contributed by atoms with E-state index >= 15 is 0 Å². The summed E-state index contributed by atoms with van der Waals surface area (Å²) >= 11 is 6.05. The van der Waals surface area contributed by atoms with Crippen LogP contribution in [0.5, 0.6) is 5.75 Å². The molecule has 0 aliphatic heterocycles. The van der Waals surface area contributed by atoms with Gasteiger partial charge in [0.25, 0.3) is 11.8 Å². The Hall–Kier alpha value is -4.37. The van der Waals surface area contributed by atoms with Crippen LogP contribution in [0.2, 0.25) is 5.02 Å². The van der Waals surface area contributed by atoms with Crippen LogP contribution in [0.15, 0.2) is 85.1 Å². The first-order chi connectivity index (χ1) is 17.1. The molecular weight excluding hydrogens is 495 g/mol. The maximum absolute atomic E-state index is 12.9. The minimum atomic E-state index is -4.50. The van der Waals surface area contributed by atoms with Crippen LogP contribution in [-0.4, -0.2) is 21.9 Å². The maximum Gasteiger partial charge on any atom is 0.416 e. The molecule has 4 rings (SSSR count). The lowest BCUT2D eigenvalue weighted by Gasteiger charge is -2.12. The summed E-state index contributed by atoms with van der Waals surface area (Å²) in [6.45, 7) is 0. The summed E-state index contributed by atoms with van der Waals surface area (Å²) in [5.41, 5.74) is 0.892. The predicted octanol–water partition coefficient (Wildman–Crippen LogP) is 6.63. The molecule has 182 valence electrons. The fourth-order valence-electron chi connectivity index (χ4n) is 3.33. The van der Waals surface area contributed by atoms with Gasteiger partial charge in [-0.1, -0.05) is 35.9 Å². The Balaban J connectivity index is 1.47. The van der Waals surface area contributed by atoms with Crippen LogP contribution >= 0.6 is 11.6 Å². The van der Waals surface area contributed by atoms with E-state index in [4.69, 9.17) is 11.6 Å². The highest BCUT2D eigenvalue weighted by molar-refractivity contribution is 6.33. The molecule has 6 nitrogen and oxygen atoms in total. The lowest BCUT2D eigenvalue weighted by molar-refractivity contribution is -0.137. The number of benzene rings is 3. The van der Waals surface area contributed by atoms with E-state index in [9.17, 15) is 27.9 Å². The van der Waals surface area contributed by atoms with Crippen LogP contribution in [0.1, 0.15) is 26.4 Å². The minimum Gasteiger partial charge on any atom is -0.506 e. The molecule has 4 aromatic rings. The SMILES string of the molecule is O=C(Nc1ccc(O)c(NC(=O)c2ccccn2)c1)c1ccc(-c2ccc(C(F)(F)F)cc2Cl)cc1. The lowest BCUT2D eigenvalue weighted by Crippen LogP contribution is -2.15. The number of rotatable bonds is 5. The monoisotopic (exact) mass is 511 g/mol. The van der Waals surface area contributed by atoms with Crippen LogP contribution in [0, 0.1) is 0 Å². The van der Waals surface area contributed by atoms with Gasteiger partial charge in [-0.3, -0.25) is 14.6 Å². The molecule has 3 N–H and O–H groups in total. The third kappa shape index (κ3) is 5.64. The molecule has 0 unspecified atom stereocenters. The normalized spacial score (nSPS) is 11.1. The van der Waals surface area contributed by atoms with Crippen molar-refractivity contribution < 1.29 is 27.9 Å². The number of aromatic hydroxyl groups is 1. The number of anilines is 2. The summed E-state index contributed by atoms with van der Waals surface area (Å²) < 4.78 is 38.6. The number of hydrogen-bond donors (Lipinski definition) is 3. The third-order valence-corrected chi connectivity index (χ3v) is 5.47. The Labute approximate surface area is 208 Å². The van der Waals surface area contributed by atoms with Crippen molar-refractivity contribution in [2.75, 3.05) is 10.6 Å². The highest BCUT2D eigenvalue weighted by atomic mass is 35.5. The molecular formula is C26H17ClF3N3O3. The molecule has 0 atom stereocenters. The summed E-state index contributed by atoms with van der Waals surface area (Å²) in [5.74, 6) is -1.21.